The number of ether oxygens (including phenoxy) is 1. The lowest BCUT2D eigenvalue weighted by atomic mass is 9.62. The smallest absolute Gasteiger partial charge is 0.248 e. The van der Waals surface area contributed by atoms with Gasteiger partial charge in [0.2, 0.25) is 17.7 Å². The summed E-state index contributed by atoms with van der Waals surface area (Å²) in [4.78, 5) is 48.8. The molecule has 0 aromatic rings. The summed E-state index contributed by atoms with van der Waals surface area (Å²) in [6.07, 6.45) is 7.18. The van der Waals surface area contributed by atoms with Crippen molar-refractivity contribution in [2.75, 3.05) is 26.2 Å². The molecule has 9 atom stereocenters. The Kier molecular flexibility index (Phi) is 10.3. The molecule has 1 spiro atoms. The highest BCUT2D eigenvalue weighted by molar-refractivity contribution is 5.99. The quantitative estimate of drug-likeness (QED) is 0.306. The predicted octanol–water partition coefficient (Wildman–Crippen LogP) is 4.03. The third-order valence-electron chi connectivity index (χ3n) is 10.1. The van der Waals surface area contributed by atoms with Crippen molar-refractivity contribution in [2.24, 2.45) is 23.7 Å². The summed E-state index contributed by atoms with van der Waals surface area (Å²) in [5, 5.41) is 10.6. The van der Waals surface area contributed by atoms with Crippen LogP contribution < -0.4 is 0 Å². The van der Waals surface area contributed by atoms with Crippen LogP contribution in [0.15, 0.2) is 25.3 Å². The van der Waals surface area contributed by atoms with Gasteiger partial charge in [-0.15, -0.1) is 13.2 Å². The first-order chi connectivity index (χ1) is 18.9. The number of aliphatic hydroxyl groups is 1. The Balaban J connectivity index is 2.22. The first kappa shape index (κ1) is 32.3. The normalized spacial score (nSPS) is 32.9. The fraction of sp³-hybridized carbons (Fsp3) is 0.781. The Morgan fingerprint density at radius 3 is 2.33 bits per heavy atom. The van der Waals surface area contributed by atoms with Gasteiger partial charge in [0.15, 0.2) is 0 Å². The molecular weight excluding hydrogens is 506 g/mol. The second-order valence-electron chi connectivity index (χ2n) is 12.6. The molecule has 0 aliphatic carbocycles. The molecule has 8 nitrogen and oxygen atoms in total. The van der Waals surface area contributed by atoms with E-state index in [9.17, 15) is 19.5 Å². The number of hydrogen-bond acceptors (Lipinski definition) is 5. The Hall–Kier alpha value is -2.19. The van der Waals surface area contributed by atoms with Crippen LogP contribution in [0.25, 0.3) is 0 Å². The van der Waals surface area contributed by atoms with E-state index in [0.717, 1.165) is 25.7 Å². The summed E-state index contributed by atoms with van der Waals surface area (Å²) in [5.41, 5.74) is -2.01. The number of hydrogen-bond donors (Lipinski definition) is 1. The topological polar surface area (TPSA) is 90.4 Å². The summed E-state index contributed by atoms with van der Waals surface area (Å²) < 4.78 is 6.94. The second-order valence-corrected chi connectivity index (χ2v) is 12.6. The Bertz CT molecular complexity index is 970. The molecule has 3 aliphatic rings. The number of rotatable bonds is 15. The second kappa shape index (κ2) is 12.8. The van der Waals surface area contributed by atoms with Gasteiger partial charge in [0.25, 0.3) is 0 Å². The zero-order chi connectivity index (χ0) is 30.0. The molecule has 3 aliphatic heterocycles. The van der Waals surface area contributed by atoms with Crippen LogP contribution in [0.2, 0.25) is 0 Å². The van der Waals surface area contributed by atoms with Crippen molar-refractivity contribution >= 4 is 17.7 Å². The van der Waals surface area contributed by atoms with Crippen LogP contribution in [0.1, 0.15) is 80.6 Å². The summed E-state index contributed by atoms with van der Waals surface area (Å²) in [7, 11) is 0. The predicted molar refractivity (Wildman–Crippen MR) is 157 cm³/mol. The van der Waals surface area contributed by atoms with Gasteiger partial charge in [-0.05, 0) is 44.9 Å². The molecule has 40 heavy (non-hydrogen) atoms. The minimum atomic E-state index is -1.14. The lowest BCUT2D eigenvalue weighted by molar-refractivity contribution is -0.159. The minimum absolute atomic E-state index is 0.0370. The van der Waals surface area contributed by atoms with Crippen molar-refractivity contribution in [2.45, 2.75) is 110 Å². The summed E-state index contributed by atoms with van der Waals surface area (Å²) >= 11 is 0. The molecule has 3 saturated heterocycles. The average molecular weight is 560 g/mol. The van der Waals surface area contributed by atoms with Crippen LogP contribution in [0.5, 0.6) is 0 Å². The molecule has 4 unspecified atom stereocenters. The first-order valence-electron chi connectivity index (χ1n) is 15.4. The van der Waals surface area contributed by atoms with Gasteiger partial charge >= 0.3 is 0 Å². The van der Waals surface area contributed by atoms with Gasteiger partial charge in [0, 0.05) is 25.7 Å². The maximum absolute atomic E-state index is 14.7. The summed E-state index contributed by atoms with van der Waals surface area (Å²) in [5.74, 6) is -2.13. The van der Waals surface area contributed by atoms with Gasteiger partial charge < -0.3 is 24.5 Å². The number of carbonyl (C=O) groups excluding carboxylic acids is 3. The third kappa shape index (κ3) is 5.04. The Morgan fingerprint density at radius 2 is 1.80 bits per heavy atom. The van der Waals surface area contributed by atoms with Crippen molar-refractivity contribution in [1.82, 2.24) is 14.7 Å². The van der Waals surface area contributed by atoms with Gasteiger partial charge in [-0.2, -0.15) is 0 Å². The van der Waals surface area contributed by atoms with Crippen LogP contribution >= 0.6 is 0 Å². The third-order valence-corrected chi connectivity index (χ3v) is 10.1. The van der Waals surface area contributed by atoms with E-state index in [1.165, 1.54) is 0 Å². The van der Waals surface area contributed by atoms with Gasteiger partial charge in [-0.3, -0.25) is 14.4 Å². The molecule has 0 aromatic carbocycles. The lowest BCUT2D eigenvalue weighted by Gasteiger charge is -2.42. The number of aliphatic hydroxyl groups excluding tert-OH is 1. The zero-order valence-corrected chi connectivity index (χ0v) is 25.9. The van der Waals surface area contributed by atoms with Crippen molar-refractivity contribution in [1.29, 1.82) is 0 Å². The largest absolute Gasteiger partial charge is 0.394 e. The molecule has 8 heteroatoms. The Morgan fingerprint density at radius 1 is 1.15 bits per heavy atom. The average Bonchev–Trinajstić information content (AvgIpc) is 3.43. The molecular formula is C32H53N3O5. The van der Waals surface area contributed by atoms with E-state index in [1.807, 2.05) is 39.5 Å². The van der Waals surface area contributed by atoms with Crippen molar-refractivity contribution in [3.05, 3.63) is 25.3 Å². The van der Waals surface area contributed by atoms with E-state index >= 15 is 0 Å². The number of carbonyl (C=O) groups is 3. The first-order valence-corrected chi connectivity index (χ1v) is 15.4. The SMILES string of the molecule is C=CCN(CCC)C(=O)[C@H]1[C@H]2C(=O)N([C@@H](CO)[C@@H](C)CC)C(C(=O)N(CC=C)C(C)CCC)C23CC(C)[C@]1(C)O3. The van der Waals surface area contributed by atoms with Crippen LogP contribution in [-0.2, 0) is 19.1 Å². The highest BCUT2D eigenvalue weighted by atomic mass is 16.5. The van der Waals surface area contributed by atoms with E-state index in [-0.39, 0.29) is 42.2 Å². The Labute approximate surface area is 241 Å². The minimum Gasteiger partial charge on any atom is -0.394 e. The number of nitrogens with zero attached hydrogens (tertiary/aromatic N) is 3. The van der Waals surface area contributed by atoms with Crippen LogP contribution in [0.4, 0.5) is 0 Å². The molecule has 3 amide bonds. The number of amides is 3. The van der Waals surface area contributed by atoms with Crippen molar-refractivity contribution in [3.63, 3.8) is 0 Å². The van der Waals surface area contributed by atoms with Gasteiger partial charge in [-0.1, -0.05) is 59.6 Å². The molecule has 0 radical (unpaired) electrons. The highest BCUT2D eigenvalue weighted by Crippen LogP contribution is 2.66. The maximum atomic E-state index is 14.7. The summed E-state index contributed by atoms with van der Waals surface area (Å²) in [6, 6.07) is -1.54. The number of likely N-dealkylation sites (tertiary alicyclic amines) is 1. The summed E-state index contributed by atoms with van der Waals surface area (Å²) in [6.45, 7) is 23.0. The highest BCUT2D eigenvalue weighted by Gasteiger charge is 2.80. The van der Waals surface area contributed by atoms with Gasteiger partial charge in [-0.25, -0.2) is 0 Å². The van der Waals surface area contributed by atoms with Crippen molar-refractivity contribution in [3.8, 4) is 0 Å². The maximum Gasteiger partial charge on any atom is 0.248 e. The van der Waals surface area contributed by atoms with Crippen LogP contribution in [-0.4, -0.2) is 93.1 Å². The standard InChI is InChI=1S/C32H53N3O5/c1-10-15-23(8)34(18-13-4)30(39)27-32-19-22(7)31(9,40-32)25(28(37)33(16-11-2)17-12-3)26(32)29(38)35(27)24(20-36)21(6)14-5/h11,13,21-27,36H,2,4,10,12,14-20H2,1,3,5-9H3/t21-,22?,23?,24-,25+,26-,27?,31-,32?/m0/s1. The fourth-order valence-corrected chi connectivity index (χ4v) is 7.77. The monoisotopic (exact) mass is 559 g/mol. The molecule has 3 heterocycles. The molecule has 1 N–H and O–H groups in total. The molecule has 2 bridgehead atoms. The van der Waals surface area contributed by atoms with E-state index < -0.39 is 35.1 Å². The lowest BCUT2D eigenvalue weighted by Crippen LogP contribution is -2.61. The number of fused-ring (bicyclic) bond motifs is 1. The van der Waals surface area contributed by atoms with Crippen LogP contribution in [0, 0.1) is 23.7 Å². The van der Waals surface area contributed by atoms with E-state index in [4.69, 9.17) is 4.74 Å². The molecule has 3 rings (SSSR count). The fourth-order valence-electron chi connectivity index (χ4n) is 7.77. The van der Waals surface area contributed by atoms with E-state index in [0.29, 0.717) is 26.1 Å². The molecule has 3 fully saturated rings. The van der Waals surface area contributed by atoms with Crippen molar-refractivity contribution < 1.29 is 24.2 Å². The van der Waals surface area contributed by atoms with Crippen LogP contribution in [0.3, 0.4) is 0 Å². The molecule has 0 aromatic heterocycles. The van der Waals surface area contributed by atoms with E-state index in [1.54, 1.807) is 22.0 Å². The van der Waals surface area contributed by atoms with Gasteiger partial charge in [0.05, 0.1) is 30.1 Å². The zero-order valence-electron chi connectivity index (χ0n) is 25.9. The molecule has 0 saturated carbocycles. The van der Waals surface area contributed by atoms with Gasteiger partial charge in [0.1, 0.15) is 11.6 Å². The van der Waals surface area contributed by atoms with E-state index in [2.05, 4.69) is 27.0 Å². The molecule has 226 valence electrons.